The fourth-order valence-corrected chi connectivity index (χ4v) is 1.50. The number of nitrogens with one attached hydrogen (secondary N) is 2. The Kier molecular flexibility index (Phi) is 3.13. The average Bonchev–Trinajstić information content (AvgIpc) is 2.64. The van der Waals surface area contributed by atoms with E-state index >= 15 is 0 Å². The third kappa shape index (κ3) is 2.57. The number of hydrogen-bond donors (Lipinski definition) is 3. The van der Waals surface area contributed by atoms with Crippen LogP contribution in [0.2, 0.25) is 0 Å². The highest BCUT2D eigenvalue weighted by atomic mass is 16.3. The Morgan fingerprint density at radius 3 is 2.56 bits per heavy atom. The van der Waals surface area contributed by atoms with Gasteiger partial charge in [0.2, 0.25) is 5.91 Å². The predicted molar refractivity (Wildman–Crippen MR) is 61.8 cm³/mol. The van der Waals surface area contributed by atoms with Crippen molar-refractivity contribution in [3.05, 3.63) is 24.3 Å². The number of phenols is 1. The van der Waals surface area contributed by atoms with Crippen molar-refractivity contribution in [2.75, 3.05) is 18.4 Å². The van der Waals surface area contributed by atoms with Gasteiger partial charge in [0.25, 0.3) is 5.91 Å². The highest BCUT2D eigenvalue weighted by molar-refractivity contribution is 6.06. The van der Waals surface area contributed by atoms with Crippen LogP contribution in [0, 0.1) is 0 Å². The predicted octanol–water partition coefficient (Wildman–Crippen LogP) is -0.118. The SMILES string of the molecule is O=C(CN1C(=O)CNC1=O)Nc1ccc(O)cc1. The van der Waals surface area contributed by atoms with Gasteiger partial charge in [0.05, 0.1) is 6.54 Å². The molecule has 0 bridgehead atoms. The van der Waals surface area contributed by atoms with Gasteiger partial charge in [-0.2, -0.15) is 0 Å². The fourth-order valence-electron chi connectivity index (χ4n) is 1.50. The molecule has 0 aromatic heterocycles. The first-order valence-corrected chi connectivity index (χ1v) is 5.23. The molecule has 7 heteroatoms. The van der Waals surface area contributed by atoms with Crippen LogP contribution in [0.5, 0.6) is 5.75 Å². The molecule has 0 saturated carbocycles. The Morgan fingerprint density at radius 2 is 2.00 bits per heavy atom. The van der Waals surface area contributed by atoms with Crippen molar-refractivity contribution < 1.29 is 19.5 Å². The number of nitrogens with zero attached hydrogens (tertiary/aromatic N) is 1. The number of benzene rings is 1. The van der Waals surface area contributed by atoms with Crippen molar-refractivity contribution in [2.45, 2.75) is 0 Å². The molecule has 0 spiro atoms. The first-order chi connectivity index (χ1) is 8.56. The maximum Gasteiger partial charge on any atom is 0.325 e. The maximum atomic E-state index is 11.6. The van der Waals surface area contributed by atoms with Gasteiger partial charge in [0.15, 0.2) is 0 Å². The van der Waals surface area contributed by atoms with Crippen molar-refractivity contribution in [3.8, 4) is 5.75 Å². The van der Waals surface area contributed by atoms with Crippen molar-refractivity contribution in [1.82, 2.24) is 10.2 Å². The van der Waals surface area contributed by atoms with E-state index in [2.05, 4.69) is 10.6 Å². The summed E-state index contributed by atoms with van der Waals surface area (Å²) < 4.78 is 0. The van der Waals surface area contributed by atoms with Gasteiger partial charge in [-0.15, -0.1) is 0 Å². The summed E-state index contributed by atoms with van der Waals surface area (Å²) >= 11 is 0. The molecule has 0 aliphatic carbocycles. The molecule has 1 aromatic rings. The Balaban J connectivity index is 1.94. The van der Waals surface area contributed by atoms with E-state index in [-0.39, 0.29) is 18.8 Å². The summed E-state index contributed by atoms with van der Waals surface area (Å²) in [7, 11) is 0. The van der Waals surface area contributed by atoms with Crippen LogP contribution < -0.4 is 10.6 Å². The second-order valence-electron chi connectivity index (χ2n) is 3.73. The lowest BCUT2D eigenvalue weighted by Crippen LogP contribution is -2.38. The number of rotatable bonds is 3. The fraction of sp³-hybridized carbons (Fsp3) is 0.182. The minimum Gasteiger partial charge on any atom is -0.508 e. The number of anilines is 1. The summed E-state index contributed by atoms with van der Waals surface area (Å²) in [4.78, 5) is 34.9. The summed E-state index contributed by atoms with van der Waals surface area (Å²) in [6, 6.07) is 5.30. The molecule has 1 aliphatic rings. The van der Waals surface area contributed by atoms with Gasteiger partial charge < -0.3 is 15.7 Å². The second kappa shape index (κ2) is 4.74. The van der Waals surface area contributed by atoms with Crippen LogP contribution in [0.1, 0.15) is 0 Å². The van der Waals surface area contributed by atoms with Crippen LogP contribution in [-0.2, 0) is 9.59 Å². The molecule has 18 heavy (non-hydrogen) atoms. The molecule has 4 amide bonds. The van der Waals surface area contributed by atoms with Crippen molar-refractivity contribution in [2.24, 2.45) is 0 Å². The van der Waals surface area contributed by atoms with E-state index < -0.39 is 17.8 Å². The van der Waals surface area contributed by atoms with Gasteiger partial charge in [-0.25, -0.2) is 4.79 Å². The van der Waals surface area contributed by atoms with E-state index in [1.54, 1.807) is 0 Å². The maximum absolute atomic E-state index is 11.6. The van der Waals surface area contributed by atoms with Gasteiger partial charge >= 0.3 is 6.03 Å². The van der Waals surface area contributed by atoms with Crippen molar-refractivity contribution >= 4 is 23.5 Å². The van der Waals surface area contributed by atoms with Gasteiger partial charge in [-0.05, 0) is 24.3 Å². The normalized spacial score (nSPS) is 14.6. The molecule has 1 aliphatic heterocycles. The molecule has 1 heterocycles. The zero-order valence-electron chi connectivity index (χ0n) is 9.34. The van der Waals surface area contributed by atoms with Gasteiger partial charge in [-0.3, -0.25) is 14.5 Å². The molecule has 0 atom stereocenters. The first-order valence-electron chi connectivity index (χ1n) is 5.23. The highest BCUT2D eigenvalue weighted by Gasteiger charge is 2.29. The smallest absolute Gasteiger partial charge is 0.325 e. The van der Waals surface area contributed by atoms with E-state index in [0.717, 1.165) is 4.90 Å². The molecule has 7 nitrogen and oxygen atoms in total. The second-order valence-corrected chi connectivity index (χ2v) is 3.73. The average molecular weight is 249 g/mol. The lowest BCUT2D eigenvalue weighted by atomic mass is 10.3. The lowest BCUT2D eigenvalue weighted by Gasteiger charge is -2.12. The van der Waals surface area contributed by atoms with E-state index in [4.69, 9.17) is 5.11 Å². The largest absolute Gasteiger partial charge is 0.508 e. The number of aromatic hydroxyl groups is 1. The molecule has 94 valence electrons. The van der Waals surface area contributed by atoms with Crippen molar-refractivity contribution in [1.29, 1.82) is 0 Å². The number of imide groups is 1. The van der Waals surface area contributed by atoms with Crippen LogP contribution in [0.3, 0.4) is 0 Å². The molecule has 1 fully saturated rings. The number of amides is 4. The number of hydrogen-bond acceptors (Lipinski definition) is 4. The molecule has 3 N–H and O–H groups in total. The third-order valence-electron chi connectivity index (χ3n) is 2.39. The Morgan fingerprint density at radius 1 is 1.33 bits per heavy atom. The monoisotopic (exact) mass is 249 g/mol. The van der Waals surface area contributed by atoms with Crippen molar-refractivity contribution in [3.63, 3.8) is 0 Å². The van der Waals surface area contributed by atoms with Crippen LogP contribution in [0.4, 0.5) is 10.5 Å². The Hall–Kier alpha value is -2.57. The zero-order valence-corrected chi connectivity index (χ0v) is 9.34. The van der Waals surface area contributed by atoms with E-state index in [0.29, 0.717) is 5.69 Å². The van der Waals surface area contributed by atoms with Crippen LogP contribution in [0.25, 0.3) is 0 Å². The minimum absolute atomic E-state index is 0.0781. The van der Waals surface area contributed by atoms with Crippen LogP contribution >= 0.6 is 0 Å². The summed E-state index contributed by atoms with van der Waals surface area (Å²) in [5.74, 6) is -0.825. The van der Waals surface area contributed by atoms with E-state index in [9.17, 15) is 14.4 Å². The molecule has 1 aromatic carbocycles. The molecule has 0 unspecified atom stereocenters. The van der Waals surface area contributed by atoms with Gasteiger partial charge in [-0.1, -0.05) is 0 Å². The molecule has 2 rings (SSSR count). The lowest BCUT2D eigenvalue weighted by molar-refractivity contribution is -0.128. The molecule has 0 radical (unpaired) electrons. The zero-order chi connectivity index (χ0) is 13.1. The molecular weight excluding hydrogens is 238 g/mol. The highest BCUT2D eigenvalue weighted by Crippen LogP contribution is 2.13. The van der Waals surface area contributed by atoms with Gasteiger partial charge in [0.1, 0.15) is 12.3 Å². The molecular formula is C11H11N3O4. The quantitative estimate of drug-likeness (QED) is 0.514. The topological polar surface area (TPSA) is 98.7 Å². The van der Waals surface area contributed by atoms with Gasteiger partial charge in [0, 0.05) is 5.69 Å². The van der Waals surface area contributed by atoms with Crippen LogP contribution in [-0.4, -0.2) is 40.9 Å². The van der Waals surface area contributed by atoms with E-state index in [1.807, 2.05) is 0 Å². The Labute approximate surface area is 102 Å². The minimum atomic E-state index is -0.569. The summed E-state index contributed by atoms with van der Waals surface area (Å²) in [6.07, 6.45) is 0. The summed E-state index contributed by atoms with van der Waals surface area (Å²) in [5, 5.41) is 13.9. The number of phenolic OH excluding ortho intramolecular Hbond substituents is 1. The summed E-state index contributed by atoms with van der Waals surface area (Å²) in [5.41, 5.74) is 0.477. The Bertz CT molecular complexity index is 482. The standard InChI is InChI=1S/C11H11N3O4/c15-8-3-1-7(2-4-8)13-9(16)6-14-10(17)5-12-11(14)18/h1-4,15H,5-6H2,(H,12,18)(H,13,16). The number of carbonyl (C=O) groups excluding carboxylic acids is 3. The van der Waals surface area contributed by atoms with E-state index in [1.165, 1.54) is 24.3 Å². The number of carbonyl (C=O) groups is 3. The molecule has 1 saturated heterocycles. The summed E-state index contributed by atoms with van der Waals surface area (Å²) in [6.45, 7) is -0.406. The van der Waals surface area contributed by atoms with Crippen LogP contribution in [0.15, 0.2) is 24.3 Å². The first kappa shape index (κ1) is 11.9. The number of urea groups is 1. The third-order valence-corrected chi connectivity index (χ3v) is 2.39.